The van der Waals surface area contributed by atoms with Gasteiger partial charge < -0.3 is 24.8 Å². The Morgan fingerprint density at radius 2 is 0.520 bits per heavy atom. The number of ether oxygens (including phenoxy) is 3. The maximum absolute atomic E-state index is 9.59. The summed E-state index contributed by atoms with van der Waals surface area (Å²) in [5, 5.41) is 2.64. The number of halogens is 2. The average molecular weight is 1430 g/mol. The molecule has 0 aliphatic rings. The normalized spacial score (nSPS) is 8.30. The minimum Gasteiger partial charge on any atom is -0.469 e. The van der Waals surface area contributed by atoms with Gasteiger partial charge in [0.15, 0.2) is 0 Å². The summed E-state index contributed by atoms with van der Waals surface area (Å²) >= 11 is 6.39. The number of hydrogen-bond acceptors (Lipinski definition) is 7. The second-order valence-electron chi connectivity index (χ2n) is 22.2. The predicted molar refractivity (Wildman–Crippen MR) is 455 cm³/mol. The Bertz CT molecular complexity index is 2880. The first-order valence-electron chi connectivity index (χ1n) is 33.5. The molecule has 0 spiro atoms. The van der Waals surface area contributed by atoms with E-state index in [0.29, 0.717) is 13.8 Å². The zero-order valence-electron chi connectivity index (χ0n) is 66.7. The summed E-state index contributed by atoms with van der Waals surface area (Å²) in [6.45, 7) is 26.4. The molecule has 102 heavy (non-hydrogen) atoms. The van der Waals surface area contributed by atoms with Gasteiger partial charge in [0.25, 0.3) is 0 Å². The van der Waals surface area contributed by atoms with Gasteiger partial charge in [0.05, 0.1) is 20.9 Å². The number of amides is 1. The minimum atomic E-state index is -0.333. The van der Waals surface area contributed by atoms with Crippen LogP contribution in [0.4, 0.5) is 4.39 Å². The summed E-state index contributed by atoms with van der Waals surface area (Å²) in [4.78, 5) is 20.8. The highest BCUT2D eigenvalue weighted by Gasteiger charge is 1.90. The molecule has 11 aromatic carbocycles. The third-order valence-corrected chi connectivity index (χ3v) is 10.9. The van der Waals surface area contributed by atoms with E-state index in [2.05, 4.69) is 242 Å². The molecule has 0 saturated carbocycles. The van der Waals surface area contributed by atoms with Crippen molar-refractivity contribution in [1.82, 2.24) is 4.90 Å². The number of benzene rings is 11. The predicted octanol–water partition coefficient (Wildman–Crippen LogP) is 24.9. The van der Waals surface area contributed by atoms with Gasteiger partial charge in [0, 0.05) is 41.6 Å². The van der Waals surface area contributed by atoms with Crippen LogP contribution >= 0.6 is 23.4 Å². The molecule has 558 valence electrons. The number of nitrogens with zero attached hydrogens (tertiary/aromatic N) is 1. The molecule has 0 unspecified atom stereocenters. The van der Waals surface area contributed by atoms with E-state index in [0.717, 1.165) is 0 Å². The molecule has 0 aliphatic carbocycles. The van der Waals surface area contributed by atoms with Gasteiger partial charge in [-0.3, -0.25) is 14.0 Å². The summed E-state index contributed by atoms with van der Waals surface area (Å²) in [7, 11) is 12.8. The van der Waals surface area contributed by atoms with E-state index in [1.807, 2.05) is 214 Å². The fourth-order valence-corrected chi connectivity index (χ4v) is 6.32. The molecule has 0 aromatic heterocycles. The van der Waals surface area contributed by atoms with Crippen LogP contribution in [0.5, 0.6) is 0 Å². The van der Waals surface area contributed by atoms with E-state index in [-0.39, 0.29) is 11.9 Å². The fourth-order valence-electron chi connectivity index (χ4n) is 6.32. The lowest BCUT2D eigenvalue weighted by molar-refractivity contribution is -0.138. The highest BCUT2D eigenvalue weighted by molar-refractivity contribution is 7.97. The lowest BCUT2D eigenvalue weighted by Crippen LogP contribution is -2.01. The number of nitrogens with two attached hydrogens (primary N) is 1. The smallest absolute Gasteiger partial charge is 0.302 e. The number of carbonyl (C=O) groups is 2. The second-order valence-corrected chi connectivity index (χ2v) is 23.0. The van der Waals surface area contributed by atoms with Crippen molar-refractivity contribution >= 4 is 46.0 Å². The number of fused-ring (bicyclic) bond motifs is 1. The van der Waals surface area contributed by atoms with Crippen LogP contribution in [0.25, 0.3) is 10.8 Å². The molecule has 11 aromatic rings. The van der Waals surface area contributed by atoms with Gasteiger partial charge in [-0.25, -0.2) is 0 Å². The maximum Gasteiger partial charge on any atom is 0.302 e. The quantitative estimate of drug-likeness (QED) is 0.136. The second kappa shape index (κ2) is 86.3. The molecule has 0 radical (unpaired) electrons. The van der Waals surface area contributed by atoms with Crippen molar-refractivity contribution in [3.63, 3.8) is 0 Å². The van der Waals surface area contributed by atoms with E-state index < -0.39 is 0 Å². The van der Waals surface area contributed by atoms with Crippen LogP contribution < -0.4 is 5.73 Å². The lowest BCUT2D eigenvalue weighted by atomic mass is 10.1. The van der Waals surface area contributed by atoms with Gasteiger partial charge in [-0.1, -0.05) is 386 Å². The third-order valence-electron chi connectivity index (χ3n) is 10.9. The topological polar surface area (TPSA) is 91.1 Å². The summed E-state index contributed by atoms with van der Waals surface area (Å²) in [6, 6.07) is 107. The summed E-state index contributed by atoms with van der Waals surface area (Å²) in [6.07, 6.45) is 6.81. The van der Waals surface area contributed by atoms with Gasteiger partial charge in [-0.05, 0) is 112 Å². The molecule has 0 fully saturated rings. The molecule has 11 rings (SSSR count). The molecule has 10 heteroatoms. The number of methoxy groups -OCH3 is 3. The Morgan fingerprint density at radius 1 is 0.363 bits per heavy atom. The number of rotatable bonds is 2. The Kier molecular flexibility index (Phi) is 90.1. The first-order valence-corrected chi connectivity index (χ1v) is 35.9. The average Bonchev–Trinajstić information content (AvgIpc) is 0.857. The molecular weight excluding hydrogens is 1300 g/mol. The molecule has 0 bridgehead atoms. The highest BCUT2D eigenvalue weighted by Crippen LogP contribution is 2.14. The van der Waals surface area contributed by atoms with Crippen LogP contribution in [0.1, 0.15) is 89.8 Å². The van der Waals surface area contributed by atoms with E-state index >= 15 is 0 Å². The Hall–Kier alpha value is -8.93. The SMILES string of the molecule is CC(N)=O.CCC.CCl.CF.CN(C)C.COC.COC(C)=O.COCc1ccccc1.CSC.Cc1ccc2ccccc2c1.Cc1ccccc1.Cc1ccccc1.Cc1ccccc1.Cc1ccccc1.Cc1ccccc1.Cc1ccccc1.Cc1ccccc1.Cc1ccccc1. The molecule has 2 N–H and O–H groups in total. The van der Waals surface area contributed by atoms with Crippen molar-refractivity contribution in [2.45, 2.75) is 103 Å². The number of carbonyl (C=O) groups excluding carboxylic acids is 2. The molecule has 0 aliphatic heterocycles. The molecular formula is C92H130ClFN2O5S. The van der Waals surface area contributed by atoms with E-state index in [9.17, 15) is 14.0 Å². The standard InChI is InChI=1S/C11H10.C8H10O.8C7H8.C3H9N.C3H6O2.C3H8.C2H5NO.C2H6O.C2H6S.CH3Cl.CH3F/c1-9-6-7-10-4-2-3-5-11(10)8-9;1-9-7-8-5-3-2-4-6-8;8*1-7-5-3-2-4-6-7;1-4(2)3;1-3(4)5-2;1-3-2;1-2(3)4;2*1-3-2;2*1-2/h2-8H,1H3;2-6H,7H2,1H3;8*2-6H,1H3;1-3H3;1-2H3;3H2,1-2H3;1H3,(H2,3,4);2*1-2H3;2*1H3. The third kappa shape index (κ3) is 95.3. The molecule has 1 amide bonds. The monoisotopic (exact) mass is 1430 g/mol. The van der Waals surface area contributed by atoms with E-state index in [4.69, 9.17) is 4.74 Å². The van der Waals surface area contributed by atoms with Gasteiger partial charge >= 0.3 is 5.97 Å². The molecule has 7 nitrogen and oxygen atoms in total. The van der Waals surface area contributed by atoms with Gasteiger partial charge in [0.2, 0.25) is 5.91 Å². The first kappa shape index (κ1) is 106. The molecule has 0 heterocycles. The molecule has 0 saturated heterocycles. The summed E-state index contributed by atoms with van der Waals surface area (Å²) in [5.74, 6) is -0.579. The highest BCUT2D eigenvalue weighted by atomic mass is 35.5. The summed E-state index contributed by atoms with van der Waals surface area (Å²) < 4.78 is 22.8. The number of thioether (sulfide) groups is 1. The number of hydrogen-bond donors (Lipinski definition) is 1. The van der Waals surface area contributed by atoms with Crippen LogP contribution in [0.3, 0.4) is 0 Å². The van der Waals surface area contributed by atoms with Crippen LogP contribution in [0.15, 0.2) is 315 Å². The van der Waals surface area contributed by atoms with Gasteiger partial charge in [0.1, 0.15) is 0 Å². The Balaban J connectivity index is -0.000000190. The summed E-state index contributed by atoms with van der Waals surface area (Å²) in [5.41, 5.74) is 17.6. The number of alkyl halides is 2. The first-order chi connectivity index (χ1) is 48.9. The minimum absolute atomic E-state index is 0.245. The number of primary amides is 1. The van der Waals surface area contributed by atoms with E-state index in [1.165, 1.54) is 100 Å². The van der Waals surface area contributed by atoms with Crippen molar-refractivity contribution in [2.75, 3.05) is 75.7 Å². The van der Waals surface area contributed by atoms with Crippen molar-refractivity contribution in [1.29, 1.82) is 0 Å². The van der Waals surface area contributed by atoms with Crippen LogP contribution in [0, 0.1) is 62.3 Å². The van der Waals surface area contributed by atoms with Crippen molar-refractivity contribution in [3.8, 4) is 0 Å². The largest absolute Gasteiger partial charge is 0.469 e. The fraction of sp³-hybridized carbons (Fsp3) is 0.283. The zero-order valence-corrected chi connectivity index (χ0v) is 68.2. The Morgan fingerprint density at radius 3 is 0.667 bits per heavy atom. The van der Waals surface area contributed by atoms with Crippen LogP contribution in [-0.4, -0.2) is 92.4 Å². The van der Waals surface area contributed by atoms with Crippen molar-refractivity contribution in [3.05, 3.63) is 371 Å². The van der Waals surface area contributed by atoms with Gasteiger partial charge in [-0.2, -0.15) is 11.8 Å². The van der Waals surface area contributed by atoms with Gasteiger partial charge in [-0.15, -0.1) is 11.6 Å². The number of aryl methyl sites for hydroxylation is 9. The Labute approximate surface area is 630 Å². The van der Waals surface area contributed by atoms with Crippen LogP contribution in [0.2, 0.25) is 0 Å². The lowest BCUT2D eigenvalue weighted by Gasteiger charge is -1.96. The van der Waals surface area contributed by atoms with Crippen LogP contribution in [-0.2, 0) is 30.4 Å². The van der Waals surface area contributed by atoms with E-state index in [1.54, 1.807) is 33.1 Å². The zero-order chi connectivity index (χ0) is 78.7. The maximum atomic E-state index is 9.59. The molecule has 0 atom stereocenters. The van der Waals surface area contributed by atoms with Crippen molar-refractivity contribution in [2.24, 2.45) is 5.73 Å². The number of esters is 1. The van der Waals surface area contributed by atoms with Crippen molar-refractivity contribution < 1.29 is 28.2 Å².